The zero-order valence-corrected chi connectivity index (χ0v) is 21.4. The predicted octanol–water partition coefficient (Wildman–Crippen LogP) is 4.93. The minimum Gasteiger partial charge on any atom is -0.382 e. The van der Waals surface area contributed by atoms with Crippen molar-refractivity contribution in [3.63, 3.8) is 0 Å². The van der Waals surface area contributed by atoms with Crippen LogP contribution in [0.15, 0.2) is 24.8 Å². The van der Waals surface area contributed by atoms with Crippen LogP contribution in [0.2, 0.25) is 0 Å². The molecule has 0 radical (unpaired) electrons. The van der Waals surface area contributed by atoms with E-state index >= 15 is 4.39 Å². The summed E-state index contributed by atoms with van der Waals surface area (Å²) in [5.41, 5.74) is 5.13. The number of anilines is 1. The molecule has 0 bridgehead atoms. The molecule has 2 saturated heterocycles. The van der Waals surface area contributed by atoms with E-state index in [0.717, 1.165) is 19.3 Å². The normalized spacial score (nSPS) is 40.8. The van der Waals surface area contributed by atoms with Gasteiger partial charge in [0.1, 0.15) is 17.9 Å². The summed E-state index contributed by atoms with van der Waals surface area (Å²) in [5, 5.41) is 0. The van der Waals surface area contributed by atoms with Gasteiger partial charge in [-0.15, -0.1) is 0 Å². The Morgan fingerprint density at radius 1 is 1.48 bits per heavy atom. The molecule has 3 aliphatic rings. The van der Waals surface area contributed by atoms with E-state index in [-0.39, 0.29) is 16.7 Å². The van der Waals surface area contributed by atoms with Gasteiger partial charge in [0.15, 0.2) is 23.9 Å². The van der Waals surface area contributed by atoms with Gasteiger partial charge in [0, 0.05) is 4.75 Å². The van der Waals surface area contributed by atoms with E-state index in [4.69, 9.17) is 31.3 Å². The van der Waals surface area contributed by atoms with Gasteiger partial charge in [-0.1, -0.05) is 30.5 Å². The molecule has 0 aromatic carbocycles. The number of halogens is 1. The maximum absolute atomic E-state index is 15.9. The van der Waals surface area contributed by atoms with Crippen molar-refractivity contribution in [2.45, 2.75) is 81.9 Å². The van der Waals surface area contributed by atoms with Gasteiger partial charge in [0.2, 0.25) is 5.69 Å². The zero-order valence-electron chi connectivity index (χ0n) is 18.9. The van der Waals surface area contributed by atoms with Gasteiger partial charge >= 0.3 is 0 Å². The monoisotopic (exact) mass is 513 g/mol. The molecule has 8 nitrogen and oxygen atoms in total. The summed E-state index contributed by atoms with van der Waals surface area (Å²) in [6, 6.07) is 0. The quantitative estimate of drug-likeness (QED) is 0.441. The lowest BCUT2D eigenvalue weighted by atomic mass is 9.77. The molecule has 0 spiro atoms. The summed E-state index contributed by atoms with van der Waals surface area (Å²) in [4.78, 5) is 12.4. The van der Waals surface area contributed by atoms with E-state index in [1.54, 1.807) is 15.9 Å². The molecular weight excluding hydrogens is 484 g/mol. The Bertz CT molecular complexity index is 1130. The SMILES string of the molecule is C=C(C)[C@H]1CC[C@@]2(C)S[P@](=S)(O[C@H]3[C@@H](F)[C@H](n4cnc5c(N)ncnc54)O[C@@H]3CC)O[C@@H]2C1. The molecule has 12 heteroatoms. The highest BCUT2D eigenvalue weighted by molar-refractivity contribution is 8.68. The van der Waals surface area contributed by atoms with Crippen molar-refractivity contribution >= 4 is 45.9 Å². The highest BCUT2D eigenvalue weighted by Crippen LogP contribution is 2.76. The van der Waals surface area contributed by atoms with E-state index in [2.05, 4.69) is 35.4 Å². The average Bonchev–Trinajstić information content (AvgIpc) is 3.39. The van der Waals surface area contributed by atoms with Crippen LogP contribution in [-0.4, -0.2) is 48.7 Å². The second-order valence-corrected chi connectivity index (χ2v) is 15.9. The van der Waals surface area contributed by atoms with E-state index in [1.165, 1.54) is 18.2 Å². The molecule has 0 amide bonds. The highest BCUT2D eigenvalue weighted by Gasteiger charge is 2.56. The van der Waals surface area contributed by atoms with Crippen LogP contribution in [0.3, 0.4) is 0 Å². The molecule has 1 aliphatic carbocycles. The first-order chi connectivity index (χ1) is 15.6. The highest BCUT2D eigenvalue weighted by atomic mass is 32.9. The summed E-state index contributed by atoms with van der Waals surface area (Å²) in [5.74, 6) is 0.660. The van der Waals surface area contributed by atoms with Crippen LogP contribution in [-0.2, 0) is 25.6 Å². The number of fused-ring (bicyclic) bond motifs is 2. The Balaban J connectivity index is 1.37. The Kier molecular flexibility index (Phi) is 6.11. The van der Waals surface area contributed by atoms with E-state index in [9.17, 15) is 0 Å². The first-order valence-electron chi connectivity index (χ1n) is 11.2. The predicted molar refractivity (Wildman–Crippen MR) is 131 cm³/mol. The topological polar surface area (TPSA) is 97.3 Å². The summed E-state index contributed by atoms with van der Waals surface area (Å²) in [7, 11) is 0. The lowest BCUT2D eigenvalue weighted by Crippen LogP contribution is -2.39. The summed E-state index contributed by atoms with van der Waals surface area (Å²) in [6.45, 7) is 10.3. The number of imidazole rings is 1. The smallest absolute Gasteiger partial charge is 0.248 e. The molecule has 2 aliphatic heterocycles. The maximum Gasteiger partial charge on any atom is 0.248 e. The van der Waals surface area contributed by atoms with E-state index in [0.29, 0.717) is 23.5 Å². The van der Waals surface area contributed by atoms with Crippen LogP contribution in [0.25, 0.3) is 11.2 Å². The molecule has 8 atom stereocenters. The second-order valence-electron chi connectivity index (χ2n) is 9.33. The van der Waals surface area contributed by atoms with Crippen LogP contribution < -0.4 is 5.73 Å². The number of hydrogen-bond donors (Lipinski definition) is 1. The van der Waals surface area contributed by atoms with Gasteiger partial charge in [-0.25, -0.2) is 19.3 Å². The molecule has 2 N–H and O–H groups in total. The van der Waals surface area contributed by atoms with Crippen molar-refractivity contribution in [1.82, 2.24) is 19.5 Å². The molecule has 4 heterocycles. The Morgan fingerprint density at radius 3 is 3.00 bits per heavy atom. The number of nitrogen functional groups attached to an aromatic ring is 1. The summed E-state index contributed by atoms with van der Waals surface area (Å²) < 4.78 is 36.1. The number of allylic oxidation sites excluding steroid dienone is 1. The van der Waals surface area contributed by atoms with Crippen LogP contribution in [0.1, 0.15) is 52.7 Å². The van der Waals surface area contributed by atoms with Gasteiger partial charge < -0.3 is 19.5 Å². The number of aromatic nitrogens is 4. The number of hydrogen-bond acceptors (Lipinski definition) is 9. The first kappa shape index (κ1) is 23.6. The number of nitrogens with two attached hydrogens (primary N) is 1. The molecule has 3 fully saturated rings. The Hall–Kier alpha value is -1.10. The Labute approximate surface area is 201 Å². The lowest BCUT2D eigenvalue weighted by molar-refractivity contribution is -0.0224. The fourth-order valence-corrected chi connectivity index (χ4v) is 12.5. The lowest BCUT2D eigenvalue weighted by Gasteiger charge is -2.37. The maximum atomic E-state index is 15.9. The number of rotatable bonds is 5. The zero-order chi connectivity index (χ0) is 23.5. The third kappa shape index (κ3) is 4.04. The summed E-state index contributed by atoms with van der Waals surface area (Å²) in [6.07, 6.45) is 2.56. The van der Waals surface area contributed by atoms with Gasteiger partial charge in [-0.2, -0.15) is 0 Å². The van der Waals surface area contributed by atoms with Crippen molar-refractivity contribution < 1.29 is 18.2 Å². The van der Waals surface area contributed by atoms with Crippen molar-refractivity contribution in [1.29, 1.82) is 0 Å². The molecule has 1 saturated carbocycles. The van der Waals surface area contributed by atoms with Crippen LogP contribution in [0.4, 0.5) is 10.2 Å². The fourth-order valence-electron chi connectivity index (χ4n) is 5.01. The van der Waals surface area contributed by atoms with Gasteiger partial charge in [-0.3, -0.25) is 4.57 Å². The standard InChI is InChI=1S/C21H29FN5O3PS2/c1-5-13-17(15(22)20(28-13)27-10-26-16-18(23)24-9-25-19(16)27)30-31(32)29-14-8-12(11(2)3)6-7-21(14,4)33-31/h9-10,12-15,17,20H,2,5-8H2,1,3-4H3,(H2,23,24,25)/t12-,13+,14+,15+,17+,20+,21+,31-/m0/s1. The fraction of sp³-hybridized carbons (Fsp3) is 0.667. The van der Waals surface area contributed by atoms with Crippen molar-refractivity contribution in [2.75, 3.05) is 5.73 Å². The van der Waals surface area contributed by atoms with Crippen LogP contribution in [0, 0.1) is 5.92 Å². The second kappa shape index (κ2) is 8.53. The Morgan fingerprint density at radius 2 is 2.27 bits per heavy atom. The average molecular weight is 514 g/mol. The molecule has 33 heavy (non-hydrogen) atoms. The van der Waals surface area contributed by atoms with Crippen molar-refractivity contribution in [3.8, 4) is 0 Å². The third-order valence-corrected chi connectivity index (χ3v) is 12.8. The summed E-state index contributed by atoms with van der Waals surface area (Å²) >= 11 is 7.50. The minimum atomic E-state index is -2.76. The first-order valence-corrected chi connectivity index (χ1v) is 15.3. The molecule has 5 rings (SSSR count). The number of ether oxygens (including phenoxy) is 1. The van der Waals surface area contributed by atoms with Crippen molar-refractivity contribution in [3.05, 3.63) is 24.8 Å². The van der Waals surface area contributed by atoms with Gasteiger partial charge in [0.05, 0.1) is 18.5 Å². The minimum absolute atomic E-state index is 0.0164. The van der Waals surface area contributed by atoms with Crippen LogP contribution >= 0.6 is 17.1 Å². The van der Waals surface area contributed by atoms with Crippen LogP contribution in [0.5, 0.6) is 0 Å². The molecular formula is C21H29FN5O3PS2. The van der Waals surface area contributed by atoms with E-state index < -0.39 is 30.3 Å². The largest absolute Gasteiger partial charge is 0.382 e. The molecule has 180 valence electrons. The molecule has 2 aromatic heterocycles. The molecule has 2 aromatic rings. The third-order valence-electron chi connectivity index (χ3n) is 7.02. The van der Waals surface area contributed by atoms with E-state index in [1.807, 2.05) is 6.92 Å². The molecule has 0 unspecified atom stereocenters. The van der Waals surface area contributed by atoms with Gasteiger partial charge in [0.25, 0.3) is 0 Å². The van der Waals surface area contributed by atoms with Gasteiger partial charge in [-0.05, 0) is 57.3 Å². The van der Waals surface area contributed by atoms with Crippen molar-refractivity contribution in [2.24, 2.45) is 5.92 Å². The number of alkyl halides is 1. The number of nitrogens with zero attached hydrogens (tertiary/aromatic N) is 4.